The second kappa shape index (κ2) is 7.47. The highest BCUT2D eigenvalue weighted by atomic mass is 35.5. The van der Waals surface area contributed by atoms with Crippen LogP contribution in [0.15, 0.2) is 18.2 Å². The summed E-state index contributed by atoms with van der Waals surface area (Å²) in [7, 11) is 1.82. The zero-order valence-electron chi connectivity index (χ0n) is 13.6. The molecule has 1 aromatic carbocycles. The number of likely N-dealkylation sites (tertiary alicyclic amines) is 1. The Morgan fingerprint density at radius 1 is 1.32 bits per heavy atom. The van der Waals surface area contributed by atoms with E-state index in [1.807, 2.05) is 11.9 Å². The molecule has 2 fully saturated rings. The average Bonchev–Trinajstić information content (AvgIpc) is 3.05. The zero-order valence-corrected chi connectivity index (χ0v) is 14.4. The lowest BCUT2D eigenvalue weighted by atomic mass is 9.99. The standard InChI is InChI=1S/C16H19F4N3O.ClH/c1-23-5-4-12(14(23)9-2-3-10(17)11(18)6-9)22-15(24)13-7-16(19,20)8-21-13;/h2-3,6,12-14,21H,4-5,7-8H2,1H3,(H,22,24);1H. The molecule has 0 radical (unpaired) electrons. The maximum Gasteiger partial charge on any atom is 0.262 e. The van der Waals surface area contributed by atoms with Gasteiger partial charge in [0, 0.05) is 19.0 Å². The molecular weight excluding hydrogens is 362 g/mol. The number of benzene rings is 1. The van der Waals surface area contributed by atoms with E-state index in [0.29, 0.717) is 18.5 Å². The highest BCUT2D eigenvalue weighted by Gasteiger charge is 2.43. The fourth-order valence-corrected chi connectivity index (χ4v) is 3.47. The average molecular weight is 382 g/mol. The molecule has 3 rings (SSSR count). The molecule has 0 saturated carbocycles. The highest BCUT2D eigenvalue weighted by Crippen LogP contribution is 2.32. The van der Waals surface area contributed by atoms with Crippen molar-refractivity contribution in [2.75, 3.05) is 20.1 Å². The third kappa shape index (κ3) is 4.24. The molecule has 1 aromatic rings. The summed E-state index contributed by atoms with van der Waals surface area (Å²) >= 11 is 0. The summed E-state index contributed by atoms with van der Waals surface area (Å²) in [4.78, 5) is 14.2. The maximum atomic E-state index is 13.5. The van der Waals surface area contributed by atoms with Crippen molar-refractivity contribution >= 4 is 18.3 Å². The van der Waals surface area contributed by atoms with Crippen molar-refractivity contribution in [1.29, 1.82) is 0 Å². The molecule has 3 atom stereocenters. The molecule has 0 bridgehead atoms. The number of nitrogens with zero attached hydrogens (tertiary/aromatic N) is 1. The molecule has 3 unspecified atom stereocenters. The number of hydrogen-bond donors (Lipinski definition) is 2. The van der Waals surface area contributed by atoms with E-state index in [2.05, 4.69) is 10.6 Å². The third-order valence-corrected chi connectivity index (χ3v) is 4.69. The molecule has 2 heterocycles. The van der Waals surface area contributed by atoms with Crippen LogP contribution in [-0.4, -0.2) is 49.0 Å². The van der Waals surface area contributed by atoms with E-state index in [0.717, 1.165) is 12.1 Å². The van der Waals surface area contributed by atoms with E-state index >= 15 is 0 Å². The first-order chi connectivity index (χ1) is 11.3. The summed E-state index contributed by atoms with van der Waals surface area (Å²) in [6.45, 7) is 0.144. The summed E-state index contributed by atoms with van der Waals surface area (Å²) in [6, 6.07) is 2.04. The van der Waals surface area contributed by atoms with Crippen LogP contribution in [0.5, 0.6) is 0 Å². The molecule has 2 N–H and O–H groups in total. The van der Waals surface area contributed by atoms with E-state index in [1.54, 1.807) is 0 Å². The molecule has 0 aliphatic carbocycles. The van der Waals surface area contributed by atoms with Gasteiger partial charge >= 0.3 is 0 Å². The fraction of sp³-hybridized carbons (Fsp3) is 0.562. The summed E-state index contributed by atoms with van der Waals surface area (Å²) in [6.07, 6.45) is 0.0756. The van der Waals surface area contributed by atoms with Gasteiger partial charge in [0.2, 0.25) is 5.91 Å². The SMILES string of the molecule is CN1CCC(NC(=O)C2CC(F)(F)CN2)C1c1ccc(F)c(F)c1.Cl. The summed E-state index contributed by atoms with van der Waals surface area (Å²) in [5.74, 6) is -5.25. The maximum absolute atomic E-state index is 13.5. The third-order valence-electron chi connectivity index (χ3n) is 4.69. The van der Waals surface area contributed by atoms with E-state index in [1.165, 1.54) is 6.07 Å². The number of nitrogens with one attached hydrogen (secondary N) is 2. The molecule has 140 valence electrons. The van der Waals surface area contributed by atoms with Crippen molar-refractivity contribution in [3.63, 3.8) is 0 Å². The van der Waals surface area contributed by atoms with E-state index in [9.17, 15) is 22.4 Å². The molecule has 25 heavy (non-hydrogen) atoms. The lowest BCUT2D eigenvalue weighted by Gasteiger charge is -2.27. The number of amides is 1. The highest BCUT2D eigenvalue weighted by molar-refractivity contribution is 5.85. The van der Waals surface area contributed by atoms with Gasteiger partial charge in [-0.05, 0) is 31.2 Å². The number of carbonyl (C=O) groups excluding carboxylic acids is 1. The Morgan fingerprint density at radius 3 is 2.64 bits per heavy atom. The van der Waals surface area contributed by atoms with Gasteiger partial charge in [0.1, 0.15) is 0 Å². The minimum atomic E-state index is -2.88. The predicted octanol–water partition coefficient (Wildman–Crippen LogP) is 2.25. The Bertz CT molecular complexity index is 646. The van der Waals surface area contributed by atoms with Crippen LogP contribution in [0.3, 0.4) is 0 Å². The van der Waals surface area contributed by atoms with Crippen molar-refractivity contribution < 1.29 is 22.4 Å². The number of carbonyl (C=O) groups is 1. The van der Waals surface area contributed by atoms with Crippen LogP contribution < -0.4 is 10.6 Å². The van der Waals surface area contributed by atoms with Crippen LogP contribution in [0.4, 0.5) is 17.6 Å². The lowest BCUT2D eigenvalue weighted by molar-refractivity contribution is -0.124. The van der Waals surface area contributed by atoms with Crippen molar-refractivity contribution in [2.45, 2.75) is 36.9 Å². The van der Waals surface area contributed by atoms with Gasteiger partial charge in [-0.15, -0.1) is 12.4 Å². The molecule has 0 aromatic heterocycles. The van der Waals surface area contributed by atoms with Crippen LogP contribution in [0.1, 0.15) is 24.4 Å². The summed E-state index contributed by atoms with van der Waals surface area (Å²) in [5, 5.41) is 5.30. The van der Waals surface area contributed by atoms with Crippen LogP contribution in [0.25, 0.3) is 0 Å². The van der Waals surface area contributed by atoms with Gasteiger partial charge in [0.05, 0.1) is 18.6 Å². The first kappa shape index (κ1) is 19.9. The van der Waals surface area contributed by atoms with Crippen LogP contribution >= 0.6 is 12.4 Å². The molecule has 2 aliphatic heterocycles. The van der Waals surface area contributed by atoms with E-state index < -0.39 is 42.5 Å². The van der Waals surface area contributed by atoms with Crippen LogP contribution in [-0.2, 0) is 4.79 Å². The van der Waals surface area contributed by atoms with Gasteiger partial charge in [0.15, 0.2) is 11.6 Å². The summed E-state index contributed by atoms with van der Waals surface area (Å²) in [5.41, 5.74) is 0.545. The first-order valence-electron chi connectivity index (χ1n) is 7.83. The Balaban J connectivity index is 0.00000225. The first-order valence-corrected chi connectivity index (χ1v) is 7.83. The lowest BCUT2D eigenvalue weighted by Crippen LogP contribution is -2.47. The van der Waals surface area contributed by atoms with Crippen molar-refractivity contribution in [3.8, 4) is 0 Å². The second-order valence-corrected chi connectivity index (χ2v) is 6.50. The van der Waals surface area contributed by atoms with Gasteiger partial charge in [0.25, 0.3) is 5.92 Å². The quantitative estimate of drug-likeness (QED) is 0.789. The Labute approximate surface area is 149 Å². The number of hydrogen-bond acceptors (Lipinski definition) is 3. The van der Waals surface area contributed by atoms with Crippen molar-refractivity contribution in [2.24, 2.45) is 0 Å². The second-order valence-electron chi connectivity index (χ2n) is 6.50. The summed E-state index contributed by atoms with van der Waals surface area (Å²) < 4.78 is 53.1. The van der Waals surface area contributed by atoms with Gasteiger partial charge in [-0.2, -0.15) is 0 Å². The van der Waals surface area contributed by atoms with E-state index in [-0.39, 0.29) is 24.5 Å². The molecule has 2 saturated heterocycles. The van der Waals surface area contributed by atoms with Gasteiger partial charge < -0.3 is 5.32 Å². The van der Waals surface area contributed by atoms with Crippen molar-refractivity contribution in [3.05, 3.63) is 35.4 Å². The number of alkyl halides is 2. The number of halogens is 5. The Hall–Kier alpha value is -1.38. The Kier molecular flexibility index (Phi) is 5.96. The van der Waals surface area contributed by atoms with Gasteiger partial charge in [-0.1, -0.05) is 6.07 Å². The smallest absolute Gasteiger partial charge is 0.262 e. The van der Waals surface area contributed by atoms with Gasteiger partial charge in [-0.25, -0.2) is 17.6 Å². The molecule has 2 aliphatic rings. The monoisotopic (exact) mass is 381 g/mol. The molecule has 0 spiro atoms. The predicted molar refractivity (Wildman–Crippen MR) is 86.9 cm³/mol. The normalized spacial score (nSPS) is 28.6. The fourth-order valence-electron chi connectivity index (χ4n) is 3.47. The van der Waals surface area contributed by atoms with E-state index in [4.69, 9.17) is 0 Å². The molecule has 9 heteroatoms. The number of likely N-dealkylation sites (N-methyl/N-ethyl adjacent to an activating group) is 1. The number of rotatable bonds is 3. The zero-order chi connectivity index (χ0) is 17.5. The van der Waals surface area contributed by atoms with Crippen molar-refractivity contribution in [1.82, 2.24) is 15.5 Å². The molecule has 4 nitrogen and oxygen atoms in total. The minimum Gasteiger partial charge on any atom is -0.350 e. The van der Waals surface area contributed by atoms with Gasteiger partial charge in [-0.3, -0.25) is 15.0 Å². The Morgan fingerprint density at radius 2 is 2.04 bits per heavy atom. The largest absolute Gasteiger partial charge is 0.350 e. The topological polar surface area (TPSA) is 44.4 Å². The molecular formula is C16H20ClF4N3O. The molecule has 1 amide bonds. The van der Waals surface area contributed by atoms with Crippen LogP contribution in [0, 0.1) is 11.6 Å². The van der Waals surface area contributed by atoms with Crippen LogP contribution in [0.2, 0.25) is 0 Å². The minimum absolute atomic E-state index is 0.